The van der Waals surface area contributed by atoms with Crippen molar-refractivity contribution in [3.63, 3.8) is 0 Å². The molecule has 3 aromatic rings. The van der Waals surface area contributed by atoms with E-state index in [2.05, 4.69) is 0 Å². The maximum absolute atomic E-state index is 13.2. The van der Waals surface area contributed by atoms with Gasteiger partial charge < -0.3 is 9.84 Å². The van der Waals surface area contributed by atoms with E-state index in [1.165, 1.54) is 4.31 Å². The summed E-state index contributed by atoms with van der Waals surface area (Å²) in [6.45, 7) is 6.43. The number of hydrogen-bond acceptors (Lipinski definition) is 4. The van der Waals surface area contributed by atoms with Crippen molar-refractivity contribution < 1.29 is 18.3 Å². The highest BCUT2D eigenvalue weighted by Gasteiger charge is 2.31. The van der Waals surface area contributed by atoms with E-state index in [4.69, 9.17) is 4.74 Å². The van der Waals surface area contributed by atoms with E-state index in [9.17, 15) is 13.5 Å². The van der Waals surface area contributed by atoms with E-state index in [1.54, 1.807) is 31.4 Å². The molecule has 1 heterocycles. The fourth-order valence-electron chi connectivity index (χ4n) is 4.29. The van der Waals surface area contributed by atoms with Gasteiger partial charge in [-0.25, -0.2) is 8.42 Å². The predicted molar refractivity (Wildman–Crippen MR) is 122 cm³/mol. The van der Waals surface area contributed by atoms with Gasteiger partial charge in [0.25, 0.3) is 0 Å². The van der Waals surface area contributed by atoms with Crippen LogP contribution in [0.1, 0.15) is 27.8 Å². The number of phenolic OH excluding ortho intramolecular Hbond substituents is 1. The average molecular weight is 438 g/mol. The Kier molecular flexibility index (Phi) is 5.54. The first-order valence-corrected chi connectivity index (χ1v) is 11.7. The highest BCUT2D eigenvalue weighted by atomic mass is 32.2. The largest absolute Gasteiger partial charge is 0.507 e. The summed E-state index contributed by atoms with van der Waals surface area (Å²) >= 11 is 0. The first kappa shape index (κ1) is 21.4. The molecule has 6 heteroatoms. The molecule has 0 bridgehead atoms. The van der Waals surface area contributed by atoms with Gasteiger partial charge in [-0.2, -0.15) is 4.31 Å². The Morgan fingerprint density at radius 1 is 0.968 bits per heavy atom. The van der Waals surface area contributed by atoms with E-state index in [0.29, 0.717) is 29.8 Å². The highest BCUT2D eigenvalue weighted by molar-refractivity contribution is 7.89. The number of phenols is 1. The van der Waals surface area contributed by atoms with Crippen molar-refractivity contribution in [2.75, 3.05) is 13.7 Å². The lowest BCUT2D eigenvalue weighted by molar-refractivity contribution is 0.376. The first-order chi connectivity index (χ1) is 14.7. The zero-order chi connectivity index (χ0) is 22.3. The number of aryl methyl sites for hydroxylation is 3. The fraction of sp³-hybridized carbons (Fsp3) is 0.280. The predicted octanol–water partition coefficient (Wildman–Crippen LogP) is 4.74. The third kappa shape index (κ3) is 3.82. The van der Waals surface area contributed by atoms with Crippen LogP contribution >= 0.6 is 0 Å². The number of methoxy groups -OCH3 is 1. The van der Waals surface area contributed by atoms with Crippen LogP contribution in [0.25, 0.3) is 11.1 Å². The molecule has 5 nitrogen and oxygen atoms in total. The summed E-state index contributed by atoms with van der Waals surface area (Å²) in [4.78, 5) is 0.272. The molecule has 162 valence electrons. The summed E-state index contributed by atoms with van der Waals surface area (Å²) in [6, 6.07) is 14.7. The molecule has 0 fully saturated rings. The molecular formula is C25H27NO4S. The number of benzene rings is 3. The van der Waals surface area contributed by atoms with E-state index in [0.717, 1.165) is 27.8 Å². The van der Waals surface area contributed by atoms with Crippen LogP contribution in [-0.2, 0) is 23.0 Å². The first-order valence-electron chi connectivity index (χ1n) is 10.3. The number of hydrogen-bond donors (Lipinski definition) is 1. The Bertz CT molecular complexity index is 1250. The standard InChI is InChI=1S/C25H27NO4S/c1-16-5-8-20(9-6-16)31(28,29)26-12-11-19-7-10-21(25(27)22(19)15-26)24-18(3)13-17(2)14-23(24)30-4/h5-10,13-14,27H,11-12,15H2,1-4H3. The van der Waals surface area contributed by atoms with Crippen LogP contribution in [0.15, 0.2) is 53.4 Å². The van der Waals surface area contributed by atoms with Crippen molar-refractivity contribution in [2.45, 2.75) is 38.6 Å². The molecule has 1 aliphatic rings. The van der Waals surface area contributed by atoms with Crippen molar-refractivity contribution in [1.82, 2.24) is 4.31 Å². The summed E-state index contributed by atoms with van der Waals surface area (Å²) in [5.41, 5.74) is 6.18. The van der Waals surface area contributed by atoms with Crippen LogP contribution in [0.4, 0.5) is 0 Å². The third-order valence-corrected chi connectivity index (χ3v) is 7.80. The van der Waals surface area contributed by atoms with Crippen LogP contribution in [0.5, 0.6) is 11.5 Å². The van der Waals surface area contributed by atoms with Gasteiger partial charge in [-0.1, -0.05) is 35.9 Å². The molecule has 0 saturated carbocycles. The van der Waals surface area contributed by atoms with Gasteiger partial charge in [0.05, 0.1) is 12.0 Å². The molecule has 0 spiro atoms. The molecule has 0 saturated heterocycles. The molecule has 0 unspecified atom stereocenters. The van der Waals surface area contributed by atoms with Crippen molar-refractivity contribution in [1.29, 1.82) is 0 Å². The molecule has 0 atom stereocenters. The van der Waals surface area contributed by atoms with Crippen molar-refractivity contribution >= 4 is 10.0 Å². The average Bonchev–Trinajstić information content (AvgIpc) is 2.74. The summed E-state index contributed by atoms with van der Waals surface area (Å²) < 4.78 is 33.4. The molecule has 0 aromatic heterocycles. The number of aromatic hydroxyl groups is 1. The minimum atomic E-state index is -3.64. The van der Waals surface area contributed by atoms with Gasteiger partial charge in [0.2, 0.25) is 10.0 Å². The highest BCUT2D eigenvalue weighted by Crippen LogP contribution is 2.43. The Morgan fingerprint density at radius 2 is 1.68 bits per heavy atom. The Morgan fingerprint density at radius 3 is 2.35 bits per heavy atom. The second-order valence-corrected chi connectivity index (χ2v) is 10.1. The normalized spacial score (nSPS) is 14.3. The second kappa shape index (κ2) is 8.02. The Labute approximate surface area is 184 Å². The monoisotopic (exact) mass is 437 g/mol. The number of sulfonamides is 1. The summed E-state index contributed by atoms with van der Waals surface area (Å²) in [6.07, 6.45) is 0.554. The maximum atomic E-state index is 13.2. The van der Waals surface area contributed by atoms with E-state index in [-0.39, 0.29) is 17.2 Å². The Hall–Kier alpha value is -2.83. The number of rotatable bonds is 4. The number of fused-ring (bicyclic) bond motifs is 1. The molecule has 31 heavy (non-hydrogen) atoms. The van der Waals surface area contributed by atoms with Crippen LogP contribution in [0, 0.1) is 20.8 Å². The number of ether oxygens (including phenoxy) is 1. The Balaban J connectivity index is 1.77. The van der Waals surface area contributed by atoms with Crippen LogP contribution in [0.3, 0.4) is 0 Å². The molecular weight excluding hydrogens is 410 g/mol. The summed E-state index contributed by atoms with van der Waals surface area (Å²) in [7, 11) is -2.03. The smallest absolute Gasteiger partial charge is 0.243 e. The zero-order valence-corrected chi connectivity index (χ0v) is 19.1. The maximum Gasteiger partial charge on any atom is 0.243 e. The van der Waals surface area contributed by atoms with Crippen LogP contribution in [0.2, 0.25) is 0 Å². The topological polar surface area (TPSA) is 66.8 Å². The third-order valence-electron chi connectivity index (χ3n) is 5.94. The lowest BCUT2D eigenvalue weighted by Crippen LogP contribution is -2.36. The van der Waals surface area contributed by atoms with Gasteiger partial charge in [-0.3, -0.25) is 0 Å². The summed E-state index contributed by atoms with van der Waals surface area (Å²) in [5.74, 6) is 0.805. The second-order valence-electron chi connectivity index (χ2n) is 8.16. The van der Waals surface area contributed by atoms with Crippen LogP contribution in [-0.4, -0.2) is 31.5 Å². The molecule has 0 amide bonds. The molecule has 4 rings (SSSR count). The minimum Gasteiger partial charge on any atom is -0.507 e. The quantitative estimate of drug-likeness (QED) is 0.640. The lowest BCUT2D eigenvalue weighted by atomic mass is 9.91. The fourth-order valence-corrected chi connectivity index (χ4v) is 5.70. The van der Waals surface area contributed by atoms with Gasteiger partial charge in [-0.05, 0) is 62.1 Å². The number of nitrogens with zero attached hydrogens (tertiary/aromatic N) is 1. The molecule has 3 aromatic carbocycles. The lowest BCUT2D eigenvalue weighted by Gasteiger charge is -2.29. The molecule has 1 N–H and O–H groups in total. The molecule has 0 aliphatic carbocycles. The molecule has 1 aliphatic heterocycles. The molecule has 0 radical (unpaired) electrons. The van der Waals surface area contributed by atoms with E-state index >= 15 is 0 Å². The zero-order valence-electron chi connectivity index (χ0n) is 18.3. The van der Waals surface area contributed by atoms with Gasteiger partial charge in [0.15, 0.2) is 0 Å². The van der Waals surface area contributed by atoms with Crippen molar-refractivity contribution in [3.8, 4) is 22.6 Å². The van der Waals surface area contributed by atoms with E-state index in [1.807, 2.05) is 45.0 Å². The van der Waals surface area contributed by atoms with Gasteiger partial charge in [0.1, 0.15) is 11.5 Å². The van der Waals surface area contributed by atoms with Gasteiger partial charge in [-0.15, -0.1) is 0 Å². The summed E-state index contributed by atoms with van der Waals surface area (Å²) in [5, 5.41) is 11.2. The van der Waals surface area contributed by atoms with Crippen molar-refractivity contribution in [2.24, 2.45) is 0 Å². The van der Waals surface area contributed by atoms with Crippen LogP contribution < -0.4 is 4.74 Å². The van der Waals surface area contributed by atoms with E-state index < -0.39 is 10.0 Å². The van der Waals surface area contributed by atoms with Gasteiger partial charge >= 0.3 is 0 Å². The van der Waals surface area contributed by atoms with Crippen molar-refractivity contribution in [3.05, 3.63) is 76.3 Å². The van der Waals surface area contributed by atoms with Gasteiger partial charge in [0, 0.05) is 29.8 Å². The SMILES string of the molecule is COc1cc(C)cc(C)c1-c1ccc2c(c1O)CN(S(=O)(=O)c1ccc(C)cc1)CC2. The minimum absolute atomic E-state index is 0.117.